The van der Waals surface area contributed by atoms with Gasteiger partial charge in [0.1, 0.15) is 27.9 Å². The molecule has 13 heteroatoms. The Bertz CT molecular complexity index is 1080. The predicted molar refractivity (Wildman–Crippen MR) is 135 cm³/mol. The molecule has 11 nitrogen and oxygen atoms in total. The summed E-state index contributed by atoms with van der Waals surface area (Å²) in [5.74, 6) is 1.34. The highest BCUT2D eigenvalue weighted by Gasteiger charge is 2.23. The van der Waals surface area contributed by atoms with Gasteiger partial charge >= 0.3 is 0 Å². The minimum absolute atomic E-state index is 0.0333. The molecule has 0 heterocycles. The first-order valence-electron chi connectivity index (χ1n) is 10.6. The average Bonchev–Trinajstić information content (AvgIpc) is 2.85. The first kappa shape index (κ1) is 28.7. The second-order valence-corrected chi connectivity index (χ2v) is 10.0. The van der Waals surface area contributed by atoms with Crippen molar-refractivity contribution in [2.75, 3.05) is 71.9 Å². The fraction of sp³-hybridized carbons (Fsp3) is 0.455. The van der Waals surface area contributed by atoms with Gasteiger partial charge in [0.25, 0.3) is 0 Å². The minimum atomic E-state index is -3.66. The van der Waals surface area contributed by atoms with Crippen LogP contribution >= 0.6 is 12.0 Å². The third-order valence-corrected chi connectivity index (χ3v) is 7.53. The highest BCUT2D eigenvalue weighted by molar-refractivity contribution is 7.94. The lowest BCUT2D eigenvalue weighted by atomic mass is 10.3. The Morgan fingerprint density at radius 3 is 1.97 bits per heavy atom. The van der Waals surface area contributed by atoms with E-state index in [1.807, 2.05) is 11.8 Å². The van der Waals surface area contributed by atoms with Crippen LogP contribution in [0, 0.1) is 0 Å². The van der Waals surface area contributed by atoms with E-state index in [0.29, 0.717) is 40.9 Å². The molecule has 35 heavy (non-hydrogen) atoms. The standard InChI is InChI=1S/C22H33N3O8S2/c1-6-25(7-9-32-33-34-21-13-17(28-2)15(23)11-19(21)30-4)8-10-35(26,27)22-14-18(29-3)16(24)12-20(22)31-5/h11-14H,6-10,23-24H2,1-5H3. The molecule has 196 valence electrons. The van der Waals surface area contributed by atoms with E-state index in [2.05, 4.69) is 0 Å². The van der Waals surface area contributed by atoms with Gasteiger partial charge in [0.05, 0.1) is 69.1 Å². The van der Waals surface area contributed by atoms with E-state index >= 15 is 0 Å². The van der Waals surface area contributed by atoms with E-state index in [-0.39, 0.29) is 35.3 Å². The summed E-state index contributed by atoms with van der Waals surface area (Å²) in [6.45, 7) is 3.51. The Morgan fingerprint density at radius 1 is 0.829 bits per heavy atom. The number of benzene rings is 2. The smallest absolute Gasteiger partial charge is 0.183 e. The van der Waals surface area contributed by atoms with E-state index in [1.54, 1.807) is 12.1 Å². The van der Waals surface area contributed by atoms with Gasteiger partial charge in [-0.3, -0.25) is 0 Å². The van der Waals surface area contributed by atoms with E-state index in [4.69, 9.17) is 39.6 Å². The number of likely N-dealkylation sites (N-methyl/N-ethyl adjacent to an activating group) is 1. The number of hydrogen-bond acceptors (Lipinski definition) is 12. The van der Waals surface area contributed by atoms with Crippen LogP contribution in [0.5, 0.6) is 23.0 Å². The number of nitrogen functional groups attached to an aromatic ring is 2. The summed E-state index contributed by atoms with van der Waals surface area (Å²) in [6.07, 6.45) is 0. The lowest BCUT2D eigenvalue weighted by Gasteiger charge is -2.20. The molecule has 0 aliphatic rings. The van der Waals surface area contributed by atoms with Gasteiger partial charge in [0.2, 0.25) is 0 Å². The van der Waals surface area contributed by atoms with Gasteiger partial charge in [0.15, 0.2) is 9.84 Å². The second-order valence-electron chi connectivity index (χ2n) is 7.22. The lowest BCUT2D eigenvalue weighted by Crippen LogP contribution is -2.32. The molecule has 0 spiro atoms. The highest BCUT2D eigenvalue weighted by Crippen LogP contribution is 2.37. The van der Waals surface area contributed by atoms with Crippen molar-refractivity contribution in [3.8, 4) is 23.0 Å². The van der Waals surface area contributed by atoms with Crippen molar-refractivity contribution in [1.29, 1.82) is 0 Å². The van der Waals surface area contributed by atoms with Crippen LogP contribution in [0.25, 0.3) is 0 Å². The van der Waals surface area contributed by atoms with Crippen LogP contribution in [0.3, 0.4) is 0 Å². The van der Waals surface area contributed by atoms with Crippen molar-refractivity contribution in [1.82, 2.24) is 4.90 Å². The molecule has 0 saturated heterocycles. The molecule has 2 aromatic carbocycles. The van der Waals surface area contributed by atoms with Crippen molar-refractivity contribution in [2.45, 2.75) is 16.7 Å². The summed E-state index contributed by atoms with van der Waals surface area (Å²) in [5, 5.41) is 0. The molecule has 4 N–H and O–H groups in total. The number of sulfone groups is 1. The van der Waals surface area contributed by atoms with E-state index in [9.17, 15) is 8.42 Å². The van der Waals surface area contributed by atoms with E-state index in [0.717, 1.165) is 12.0 Å². The molecule has 0 amide bonds. The van der Waals surface area contributed by atoms with Gasteiger partial charge in [0, 0.05) is 37.4 Å². The molecule has 0 unspecified atom stereocenters. The summed E-state index contributed by atoms with van der Waals surface area (Å²) in [4.78, 5) is 7.86. The maximum atomic E-state index is 13.0. The van der Waals surface area contributed by atoms with E-state index in [1.165, 1.54) is 40.6 Å². The predicted octanol–water partition coefficient (Wildman–Crippen LogP) is 2.64. The van der Waals surface area contributed by atoms with Gasteiger partial charge in [-0.2, -0.15) is 4.33 Å². The number of hydrogen-bond donors (Lipinski definition) is 2. The molecule has 0 aliphatic heterocycles. The van der Waals surface area contributed by atoms with Crippen LogP contribution in [0.15, 0.2) is 34.1 Å². The Morgan fingerprint density at radius 2 is 1.40 bits per heavy atom. The van der Waals surface area contributed by atoms with Gasteiger partial charge < -0.3 is 35.3 Å². The number of anilines is 2. The average molecular weight is 532 g/mol. The second kappa shape index (κ2) is 13.5. The minimum Gasteiger partial charge on any atom is -0.495 e. The summed E-state index contributed by atoms with van der Waals surface area (Å²) in [7, 11) is 2.20. The number of nitrogens with two attached hydrogens (primary N) is 2. The Labute approximate surface area is 210 Å². The molecule has 0 aliphatic carbocycles. The zero-order chi connectivity index (χ0) is 26.0. The van der Waals surface area contributed by atoms with Crippen LogP contribution in [0.4, 0.5) is 11.4 Å². The first-order chi connectivity index (χ1) is 16.7. The fourth-order valence-corrected chi connectivity index (χ4v) is 5.17. The Balaban J connectivity index is 1.90. The number of methoxy groups -OCH3 is 4. The first-order valence-corrected chi connectivity index (χ1v) is 13.0. The van der Waals surface area contributed by atoms with Gasteiger partial charge in [-0.25, -0.2) is 13.3 Å². The summed E-state index contributed by atoms with van der Waals surface area (Å²) in [5.41, 5.74) is 12.5. The number of ether oxygens (including phenoxy) is 4. The molecule has 0 fully saturated rings. The van der Waals surface area contributed by atoms with Crippen LogP contribution in [0.1, 0.15) is 6.92 Å². The molecule has 0 saturated carbocycles. The Hall–Kier alpha value is -2.58. The third kappa shape index (κ3) is 7.70. The molecular weight excluding hydrogens is 498 g/mol. The molecule has 0 bridgehead atoms. The van der Waals surface area contributed by atoms with Crippen LogP contribution in [-0.4, -0.2) is 73.8 Å². The largest absolute Gasteiger partial charge is 0.495 e. The van der Waals surface area contributed by atoms with Crippen molar-refractivity contribution in [3.05, 3.63) is 24.3 Å². The normalized spacial score (nSPS) is 11.5. The van der Waals surface area contributed by atoms with Gasteiger partial charge in [-0.1, -0.05) is 6.92 Å². The topological polar surface area (TPSA) is 145 Å². The highest BCUT2D eigenvalue weighted by atomic mass is 32.2. The van der Waals surface area contributed by atoms with Gasteiger partial charge in [-0.05, 0) is 6.54 Å². The van der Waals surface area contributed by atoms with Crippen molar-refractivity contribution < 1.29 is 36.6 Å². The number of rotatable bonds is 15. The van der Waals surface area contributed by atoms with Crippen molar-refractivity contribution in [3.63, 3.8) is 0 Å². The van der Waals surface area contributed by atoms with Crippen LogP contribution in [0.2, 0.25) is 0 Å². The maximum Gasteiger partial charge on any atom is 0.183 e. The summed E-state index contributed by atoms with van der Waals surface area (Å²) >= 11 is 0.960. The van der Waals surface area contributed by atoms with Crippen molar-refractivity contribution in [2.24, 2.45) is 0 Å². The lowest BCUT2D eigenvalue weighted by molar-refractivity contribution is -0.193. The van der Waals surface area contributed by atoms with Crippen molar-refractivity contribution >= 4 is 33.3 Å². The number of nitrogens with zero attached hydrogens (tertiary/aromatic N) is 1. The SMILES string of the molecule is CCN(CCOOSc1cc(OC)c(N)cc1OC)CCS(=O)(=O)c1cc(OC)c(N)cc1OC. The molecule has 0 atom stereocenters. The molecule has 0 aromatic heterocycles. The summed E-state index contributed by atoms with van der Waals surface area (Å²) < 4.78 is 52.1. The third-order valence-electron chi connectivity index (χ3n) is 5.15. The van der Waals surface area contributed by atoms with Gasteiger partial charge in [-0.15, -0.1) is 0 Å². The quantitative estimate of drug-likeness (QED) is 0.115. The summed E-state index contributed by atoms with van der Waals surface area (Å²) in [6, 6.07) is 6.15. The maximum absolute atomic E-state index is 13.0. The van der Waals surface area contributed by atoms with Crippen LogP contribution < -0.4 is 30.4 Å². The molecule has 2 rings (SSSR count). The zero-order valence-electron chi connectivity index (χ0n) is 20.5. The fourth-order valence-electron chi connectivity index (χ4n) is 3.14. The molecular formula is C22H33N3O8S2. The molecule has 0 radical (unpaired) electrons. The molecule has 2 aromatic rings. The Kier molecular flexibility index (Phi) is 11.0. The van der Waals surface area contributed by atoms with E-state index < -0.39 is 9.84 Å². The monoisotopic (exact) mass is 531 g/mol. The zero-order valence-corrected chi connectivity index (χ0v) is 22.2. The van der Waals surface area contributed by atoms with Crippen LogP contribution in [-0.2, 0) is 19.1 Å².